The van der Waals surface area contributed by atoms with Crippen molar-refractivity contribution in [2.75, 3.05) is 0 Å². The highest BCUT2D eigenvalue weighted by Crippen LogP contribution is 2.40. The van der Waals surface area contributed by atoms with Gasteiger partial charge in [0.15, 0.2) is 11.7 Å². The maximum absolute atomic E-state index is 9.21. The summed E-state index contributed by atoms with van der Waals surface area (Å²) in [6.07, 6.45) is 1.79. The van der Waals surface area contributed by atoms with Gasteiger partial charge in [0, 0.05) is 64.7 Å². The van der Waals surface area contributed by atoms with Gasteiger partial charge in [-0.25, -0.2) is 9.98 Å². The van der Waals surface area contributed by atoms with Gasteiger partial charge in [0.25, 0.3) is 0 Å². The standard InChI is InChI=1S/C51H32N4OS/c52-50(54-51(33-14-5-2-6-15-33)53-31-32-12-3-1-4-13-32)42-18-11-21-45-49(42)41-26-23-34(28-46(41)56-45)35-22-25-39-40-27-24-36(30-48(40)57-47(39)29-35)55-43-19-9-7-16-37(43)38-17-8-10-20-44(38)55/h1-31,52H/b52-50?,53-31+,54-51-. The molecule has 0 atom stereocenters. The molecule has 6 heteroatoms. The molecule has 11 rings (SSSR count). The molecule has 0 fully saturated rings. The van der Waals surface area contributed by atoms with E-state index in [9.17, 15) is 5.41 Å². The molecule has 3 aromatic heterocycles. The first kappa shape index (κ1) is 33.0. The Labute approximate surface area is 331 Å². The Morgan fingerprint density at radius 3 is 1.93 bits per heavy atom. The summed E-state index contributed by atoms with van der Waals surface area (Å²) in [7, 11) is 0. The predicted octanol–water partition coefficient (Wildman–Crippen LogP) is 13.6. The number of aliphatic imine (C=N–C) groups is 2. The van der Waals surface area contributed by atoms with Crippen molar-refractivity contribution in [1.82, 2.24) is 4.57 Å². The van der Waals surface area contributed by atoms with E-state index in [0.29, 0.717) is 17.0 Å². The highest BCUT2D eigenvalue weighted by Gasteiger charge is 2.17. The van der Waals surface area contributed by atoms with Gasteiger partial charge in [0.1, 0.15) is 11.2 Å². The summed E-state index contributed by atoms with van der Waals surface area (Å²) in [5, 5.41) is 16.1. The number of thiophene rings is 1. The number of para-hydroxylation sites is 2. The van der Waals surface area contributed by atoms with Crippen LogP contribution in [0.3, 0.4) is 0 Å². The normalized spacial score (nSPS) is 12.3. The number of benzene rings is 8. The number of amidine groups is 2. The molecule has 0 radical (unpaired) electrons. The summed E-state index contributed by atoms with van der Waals surface area (Å²) in [4.78, 5) is 9.53. The van der Waals surface area contributed by atoms with Crippen molar-refractivity contribution in [3.8, 4) is 16.8 Å². The van der Waals surface area contributed by atoms with Crippen molar-refractivity contribution < 1.29 is 4.42 Å². The van der Waals surface area contributed by atoms with E-state index in [-0.39, 0.29) is 5.84 Å². The third-order valence-corrected chi connectivity index (χ3v) is 11.9. The number of aromatic nitrogens is 1. The highest BCUT2D eigenvalue weighted by molar-refractivity contribution is 7.25. The lowest BCUT2D eigenvalue weighted by molar-refractivity contribution is 0.669. The molecular weight excluding hydrogens is 717 g/mol. The summed E-state index contributed by atoms with van der Waals surface area (Å²) in [5.74, 6) is 0.587. The summed E-state index contributed by atoms with van der Waals surface area (Å²) in [6, 6.07) is 62.8. The Bertz CT molecular complexity index is 3370. The molecule has 268 valence electrons. The monoisotopic (exact) mass is 748 g/mol. The summed E-state index contributed by atoms with van der Waals surface area (Å²) in [6.45, 7) is 0. The van der Waals surface area contributed by atoms with Crippen LogP contribution in [0.5, 0.6) is 0 Å². The smallest absolute Gasteiger partial charge is 0.161 e. The Hall–Kier alpha value is -7.41. The average Bonchev–Trinajstić information content (AvgIpc) is 3.94. The van der Waals surface area contributed by atoms with Gasteiger partial charge < -0.3 is 8.98 Å². The van der Waals surface area contributed by atoms with Crippen LogP contribution in [0.25, 0.3) is 80.7 Å². The van der Waals surface area contributed by atoms with Gasteiger partial charge in [-0.3, -0.25) is 5.41 Å². The lowest BCUT2D eigenvalue weighted by Crippen LogP contribution is -2.05. The number of nitrogens with one attached hydrogen (secondary N) is 1. The minimum absolute atomic E-state index is 0.118. The van der Waals surface area contributed by atoms with E-state index < -0.39 is 0 Å². The van der Waals surface area contributed by atoms with E-state index in [4.69, 9.17) is 14.4 Å². The van der Waals surface area contributed by atoms with Crippen LogP contribution in [0.4, 0.5) is 0 Å². The molecule has 8 aromatic carbocycles. The van der Waals surface area contributed by atoms with Gasteiger partial charge in [-0.05, 0) is 65.2 Å². The first-order chi connectivity index (χ1) is 28.2. The predicted molar refractivity (Wildman–Crippen MR) is 240 cm³/mol. The molecule has 1 N–H and O–H groups in total. The third-order valence-electron chi connectivity index (χ3n) is 10.8. The van der Waals surface area contributed by atoms with Gasteiger partial charge in [0.05, 0.1) is 11.0 Å². The fourth-order valence-electron chi connectivity index (χ4n) is 8.08. The number of hydrogen-bond acceptors (Lipinski definition) is 3. The zero-order chi connectivity index (χ0) is 37.9. The number of furan rings is 1. The average molecular weight is 749 g/mol. The number of nitrogens with zero attached hydrogens (tertiary/aromatic N) is 3. The van der Waals surface area contributed by atoms with Gasteiger partial charge >= 0.3 is 0 Å². The second kappa shape index (κ2) is 13.4. The molecule has 0 unspecified atom stereocenters. The molecule has 0 saturated heterocycles. The molecule has 0 aliphatic heterocycles. The van der Waals surface area contributed by atoms with Crippen LogP contribution in [0.1, 0.15) is 16.7 Å². The van der Waals surface area contributed by atoms with Crippen LogP contribution in [0.2, 0.25) is 0 Å². The maximum Gasteiger partial charge on any atom is 0.161 e. The molecule has 0 saturated carbocycles. The fraction of sp³-hybridized carbons (Fsp3) is 0. The number of rotatable bonds is 5. The maximum atomic E-state index is 9.21. The lowest BCUT2D eigenvalue weighted by Gasteiger charge is -2.08. The molecule has 5 nitrogen and oxygen atoms in total. The number of hydrogen-bond donors (Lipinski definition) is 1. The Morgan fingerprint density at radius 1 is 0.544 bits per heavy atom. The molecule has 0 aliphatic rings. The van der Waals surface area contributed by atoms with Crippen molar-refractivity contribution in [3.63, 3.8) is 0 Å². The molecular formula is C51H32N4OS. The zero-order valence-corrected chi connectivity index (χ0v) is 31.4. The van der Waals surface area contributed by atoms with Crippen molar-refractivity contribution >= 4 is 93.1 Å². The topological polar surface area (TPSA) is 66.6 Å². The quantitative estimate of drug-likeness (QED) is 0.138. The minimum Gasteiger partial charge on any atom is -0.456 e. The van der Waals surface area contributed by atoms with Crippen LogP contribution in [0.15, 0.2) is 196 Å². The molecule has 57 heavy (non-hydrogen) atoms. The molecule has 0 amide bonds. The first-order valence-electron chi connectivity index (χ1n) is 18.9. The van der Waals surface area contributed by atoms with Gasteiger partial charge in [0.2, 0.25) is 0 Å². The first-order valence-corrected chi connectivity index (χ1v) is 19.7. The molecule has 0 bridgehead atoms. The minimum atomic E-state index is 0.118. The highest BCUT2D eigenvalue weighted by atomic mass is 32.1. The van der Waals surface area contributed by atoms with Crippen LogP contribution in [-0.2, 0) is 0 Å². The second-order valence-electron chi connectivity index (χ2n) is 14.2. The Balaban J connectivity index is 0.957. The second-order valence-corrected chi connectivity index (χ2v) is 15.3. The SMILES string of the molecule is N=C(/N=C(\N=C\c1ccccc1)c1ccccc1)c1cccc2oc3cc(-c4ccc5c(c4)sc4cc(-n6c7ccccc7c7ccccc76)ccc45)ccc3c12. The van der Waals surface area contributed by atoms with E-state index >= 15 is 0 Å². The van der Waals surface area contributed by atoms with Crippen molar-refractivity contribution in [1.29, 1.82) is 5.41 Å². The molecule has 11 aromatic rings. The van der Waals surface area contributed by atoms with Crippen molar-refractivity contribution in [3.05, 3.63) is 199 Å². The van der Waals surface area contributed by atoms with E-state index in [1.54, 1.807) is 6.21 Å². The summed E-state index contributed by atoms with van der Waals surface area (Å²) in [5.41, 5.74) is 9.75. The van der Waals surface area contributed by atoms with E-state index in [0.717, 1.165) is 44.3 Å². The van der Waals surface area contributed by atoms with E-state index in [1.807, 2.05) is 90.2 Å². The summed E-state index contributed by atoms with van der Waals surface area (Å²) >= 11 is 1.83. The van der Waals surface area contributed by atoms with Gasteiger partial charge in [-0.15, -0.1) is 11.3 Å². The Kier molecular flexibility index (Phi) is 7.76. The van der Waals surface area contributed by atoms with Gasteiger partial charge in [-0.2, -0.15) is 0 Å². The van der Waals surface area contributed by atoms with E-state index in [2.05, 4.69) is 108 Å². The summed E-state index contributed by atoms with van der Waals surface area (Å²) < 4.78 is 11.3. The number of fused-ring (bicyclic) bond motifs is 9. The van der Waals surface area contributed by atoms with Crippen molar-refractivity contribution in [2.45, 2.75) is 0 Å². The van der Waals surface area contributed by atoms with Crippen LogP contribution in [0, 0.1) is 5.41 Å². The zero-order valence-electron chi connectivity index (χ0n) is 30.6. The van der Waals surface area contributed by atoms with Crippen LogP contribution >= 0.6 is 11.3 Å². The van der Waals surface area contributed by atoms with Crippen LogP contribution < -0.4 is 0 Å². The third kappa shape index (κ3) is 5.65. The lowest BCUT2D eigenvalue weighted by atomic mass is 10.0. The largest absolute Gasteiger partial charge is 0.456 e. The molecule has 3 heterocycles. The molecule has 0 spiro atoms. The van der Waals surface area contributed by atoms with Crippen molar-refractivity contribution in [2.24, 2.45) is 9.98 Å². The molecule has 0 aliphatic carbocycles. The fourth-order valence-corrected chi connectivity index (χ4v) is 9.26. The van der Waals surface area contributed by atoms with Crippen LogP contribution in [-0.4, -0.2) is 22.5 Å². The van der Waals surface area contributed by atoms with Gasteiger partial charge in [-0.1, -0.05) is 133 Å². The van der Waals surface area contributed by atoms with E-state index in [1.165, 1.54) is 42.0 Å². The Morgan fingerprint density at radius 2 is 1.18 bits per heavy atom.